The molecule has 1 fully saturated rings. The molecule has 0 saturated heterocycles. The number of guanidine groups is 1. The third kappa shape index (κ3) is 8.09. The van der Waals surface area contributed by atoms with Crippen LogP contribution in [-0.4, -0.2) is 29.1 Å². The lowest BCUT2D eigenvalue weighted by Gasteiger charge is -2.26. The molecule has 2 heterocycles. The summed E-state index contributed by atoms with van der Waals surface area (Å²) in [4.78, 5) is 12.0. The van der Waals surface area contributed by atoms with Gasteiger partial charge in [0.2, 0.25) is 5.88 Å². The number of thiazole rings is 1. The topological polar surface area (TPSA) is 71.4 Å². The number of ether oxygens (including phenoxy) is 1. The van der Waals surface area contributed by atoms with Gasteiger partial charge in [-0.25, -0.2) is 9.97 Å². The summed E-state index contributed by atoms with van der Waals surface area (Å²) < 4.78 is 44.0. The zero-order valence-corrected chi connectivity index (χ0v) is 20.6. The van der Waals surface area contributed by atoms with E-state index in [-0.39, 0.29) is 36.6 Å². The second-order valence-electron chi connectivity index (χ2n) is 7.41. The maximum atomic E-state index is 12.6. The number of rotatable bonds is 6. The molecule has 6 nitrogen and oxygen atoms in total. The Bertz CT molecular complexity index is 853. The van der Waals surface area contributed by atoms with E-state index in [1.54, 1.807) is 13.2 Å². The number of alkyl halides is 3. The molecule has 0 amide bonds. The van der Waals surface area contributed by atoms with E-state index in [1.165, 1.54) is 12.8 Å². The smallest absolute Gasteiger partial charge is 0.434 e. The van der Waals surface area contributed by atoms with Gasteiger partial charge in [0.15, 0.2) is 11.7 Å². The van der Waals surface area contributed by atoms with Crippen LogP contribution in [0.5, 0.6) is 5.88 Å². The highest BCUT2D eigenvalue weighted by atomic mass is 127. The number of pyridine rings is 1. The molecule has 0 aliphatic heterocycles. The summed E-state index contributed by atoms with van der Waals surface area (Å²) in [5.41, 5.74) is 0.102. The van der Waals surface area contributed by atoms with Crippen molar-refractivity contribution >= 4 is 41.3 Å². The van der Waals surface area contributed by atoms with Crippen LogP contribution in [0.25, 0.3) is 0 Å². The lowest BCUT2D eigenvalue weighted by Crippen LogP contribution is -2.36. The predicted octanol–water partition coefficient (Wildman–Crippen LogP) is 5.00. The first-order chi connectivity index (χ1) is 14.3. The summed E-state index contributed by atoms with van der Waals surface area (Å²) in [5, 5.41) is 7.47. The molecular formula is C20H27F3IN5OS. The largest absolute Gasteiger partial charge is 0.474 e. The van der Waals surface area contributed by atoms with Gasteiger partial charge in [0.1, 0.15) is 11.1 Å². The van der Waals surface area contributed by atoms with E-state index in [2.05, 4.69) is 32.5 Å². The van der Waals surface area contributed by atoms with Crippen LogP contribution in [0.1, 0.15) is 48.9 Å². The van der Waals surface area contributed by atoms with Gasteiger partial charge in [-0.2, -0.15) is 13.2 Å². The summed E-state index contributed by atoms with van der Waals surface area (Å²) in [6.45, 7) is 2.91. The van der Waals surface area contributed by atoms with Gasteiger partial charge < -0.3 is 15.4 Å². The van der Waals surface area contributed by atoms with Crippen LogP contribution >= 0.6 is 35.3 Å². The molecular weight excluding hydrogens is 542 g/mol. The molecule has 0 atom stereocenters. The zero-order valence-electron chi connectivity index (χ0n) is 17.4. The fourth-order valence-electron chi connectivity index (χ4n) is 3.23. The van der Waals surface area contributed by atoms with Crippen molar-refractivity contribution in [1.29, 1.82) is 0 Å². The van der Waals surface area contributed by atoms with Crippen molar-refractivity contribution in [2.75, 3.05) is 7.05 Å². The quantitative estimate of drug-likeness (QED) is 0.291. The lowest BCUT2D eigenvalue weighted by molar-refractivity contribution is -0.140. The van der Waals surface area contributed by atoms with E-state index in [1.807, 2.05) is 12.1 Å². The third-order valence-corrected chi connectivity index (χ3v) is 5.83. The number of hydrogen-bond donors (Lipinski definition) is 2. The molecule has 0 unspecified atom stereocenters. The molecule has 0 bridgehead atoms. The molecule has 0 radical (unpaired) electrons. The van der Waals surface area contributed by atoms with Crippen LogP contribution in [-0.2, 0) is 19.3 Å². The predicted molar refractivity (Wildman–Crippen MR) is 126 cm³/mol. The monoisotopic (exact) mass is 569 g/mol. The Kier molecular flexibility index (Phi) is 9.79. The highest BCUT2D eigenvalue weighted by Gasteiger charge is 2.33. The van der Waals surface area contributed by atoms with E-state index in [9.17, 15) is 13.2 Å². The molecule has 0 spiro atoms. The molecule has 11 heteroatoms. The Labute approximate surface area is 201 Å². The normalized spacial score (nSPS) is 19.5. The fraction of sp³-hybridized carbons (Fsp3) is 0.550. The molecule has 0 aromatic carbocycles. The van der Waals surface area contributed by atoms with E-state index < -0.39 is 11.9 Å². The Morgan fingerprint density at radius 3 is 2.58 bits per heavy atom. The van der Waals surface area contributed by atoms with Gasteiger partial charge in [-0.3, -0.25) is 4.99 Å². The molecule has 1 aliphatic rings. The first-order valence-corrected chi connectivity index (χ1v) is 10.8. The molecule has 2 N–H and O–H groups in total. The van der Waals surface area contributed by atoms with Crippen LogP contribution in [0.3, 0.4) is 0 Å². The van der Waals surface area contributed by atoms with Gasteiger partial charge in [-0.1, -0.05) is 6.92 Å². The fourth-order valence-corrected chi connectivity index (χ4v) is 3.97. The second-order valence-corrected chi connectivity index (χ2v) is 8.35. The molecule has 2 aromatic rings. The minimum atomic E-state index is -4.42. The van der Waals surface area contributed by atoms with E-state index in [0.29, 0.717) is 23.4 Å². The highest BCUT2D eigenvalue weighted by molar-refractivity contribution is 14.0. The molecule has 1 aliphatic carbocycles. The zero-order chi connectivity index (χ0) is 21.6. The summed E-state index contributed by atoms with van der Waals surface area (Å²) in [7, 11) is 1.60. The van der Waals surface area contributed by atoms with Crippen molar-refractivity contribution < 1.29 is 17.9 Å². The molecule has 172 valence electrons. The van der Waals surface area contributed by atoms with Crippen molar-refractivity contribution in [3.63, 3.8) is 0 Å². The van der Waals surface area contributed by atoms with Gasteiger partial charge in [0, 0.05) is 31.2 Å². The van der Waals surface area contributed by atoms with Gasteiger partial charge >= 0.3 is 6.18 Å². The Hall–Kier alpha value is -1.63. The molecule has 2 aromatic heterocycles. The first-order valence-electron chi connectivity index (χ1n) is 9.91. The minimum absolute atomic E-state index is 0. The number of nitrogens with zero attached hydrogens (tertiary/aromatic N) is 3. The van der Waals surface area contributed by atoms with Crippen molar-refractivity contribution in [3.8, 4) is 5.88 Å². The maximum Gasteiger partial charge on any atom is 0.434 e. The van der Waals surface area contributed by atoms with Crippen molar-refractivity contribution in [3.05, 3.63) is 40.0 Å². The Morgan fingerprint density at radius 1 is 1.23 bits per heavy atom. The number of halogens is 4. The van der Waals surface area contributed by atoms with Gasteiger partial charge in [-0.15, -0.1) is 35.3 Å². The Balaban J connectivity index is 0.00000341. The number of aliphatic imine (C=N–C) groups is 1. The highest BCUT2D eigenvalue weighted by Crippen LogP contribution is 2.30. The number of aromatic nitrogens is 2. The van der Waals surface area contributed by atoms with Gasteiger partial charge in [-0.05, 0) is 43.2 Å². The molecule has 1 saturated carbocycles. The summed E-state index contributed by atoms with van der Waals surface area (Å²) >= 11 is 0.961. The van der Waals surface area contributed by atoms with E-state index in [4.69, 9.17) is 4.74 Å². The van der Waals surface area contributed by atoms with Crippen LogP contribution in [0, 0.1) is 5.92 Å². The van der Waals surface area contributed by atoms with Crippen LogP contribution in [0.2, 0.25) is 0 Å². The standard InChI is InChI=1S/C20H26F3N5OS.HI/c1-13-3-5-15(6-4-13)29-17-9-14(7-8-25-17)10-26-19(24-2)27-11-18-28-16(12-30-18)20(21,22)23;/h7-9,12-13,15H,3-6,10-11H2,1-2H3,(H2,24,26,27);1H. The van der Waals surface area contributed by atoms with Crippen molar-refractivity contribution in [1.82, 2.24) is 20.6 Å². The van der Waals surface area contributed by atoms with Crippen LogP contribution in [0.15, 0.2) is 28.7 Å². The van der Waals surface area contributed by atoms with Crippen LogP contribution in [0.4, 0.5) is 13.2 Å². The van der Waals surface area contributed by atoms with Crippen molar-refractivity contribution in [2.24, 2.45) is 10.9 Å². The third-order valence-electron chi connectivity index (χ3n) is 4.98. The minimum Gasteiger partial charge on any atom is -0.474 e. The SMILES string of the molecule is CN=C(NCc1ccnc(OC2CCC(C)CC2)c1)NCc1nc(C(F)(F)F)cs1.I. The average Bonchev–Trinajstić information content (AvgIpc) is 3.20. The maximum absolute atomic E-state index is 12.6. The lowest BCUT2D eigenvalue weighted by atomic mass is 9.89. The first kappa shape index (κ1) is 25.6. The summed E-state index contributed by atoms with van der Waals surface area (Å²) in [6, 6.07) is 3.78. The summed E-state index contributed by atoms with van der Waals surface area (Å²) in [6.07, 6.45) is 1.96. The number of hydrogen-bond acceptors (Lipinski definition) is 5. The van der Waals surface area contributed by atoms with Crippen molar-refractivity contribution in [2.45, 2.75) is 58.0 Å². The summed E-state index contributed by atoms with van der Waals surface area (Å²) in [5.74, 6) is 1.84. The van der Waals surface area contributed by atoms with E-state index >= 15 is 0 Å². The van der Waals surface area contributed by atoms with Gasteiger partial charge in [0.05, 0.1) is 6.54 Å². The van der Waals surface area contributed by atoms with Gasteiger partial charge in [0.25, 0.3) is 0 Å². The van der Waals surface area contributed by atoms with E-state index in [0.717, 1.165) is 41.0 Å². The number of nitrogens with one attached hydrogen (secondary N) is 2. The Morgan fingerprint density at radius 2 is 1.94 bits per heavy atom. The molecule has 31 heavy (non-hydrogen) atoms. The average molecular weight is 569 g/mol. The second kappa shape index (κ2) is 11.8. The van der Waals surface area contributed by atoms with Crippen LogP contribution < -0.4 is 15.4 Å². The molecule has 3 rings (SSSR count).